The number of carbonyl (C=O) groups excluding carboxylic acids is 3. The van der Waals surface area contributed by atoms with Gasteiger partial charge in [0.2, 0.25) is 5.91 Å². The number of nitrogens with zero attached hydrogens (tertiary/aromatic N) is 1. The second kappa shape index (κ2) is 3.71. The average molecular weight is 274 g/mol. The van der Waals surface area contributed by atoms with E-state index in [9.17, 15) is 14.4 Å². The first-order chi connectivity index (χ1) is 9.50. The van der Waals surface area contributed by atoms with Crippen LogP contribution in [0.2, 0.25) is 0 Å². The minimum absolute atomic E-state index is 0.201. The summed E-state index contributed by atoms with van der Waals surface area (Å²) in [5.41, 5.74) is 2.50. The Morgan fingerprint density at radius 1 is 1.15 bits per heavy atom. The summed E-state index contributed by atoms with van der Waals surface area (Å²) >= 11 is 0. The van der Waals surface area contributed by atoms with Crippen LogP contribution < -0.4 is 5.43 Å². The van der Waals surface area contributed by atoms with E-state index >= 15 is 0 Å². The zero-order chi connectivity index (χ0) is 14.2. The Balaban J connectivity index is 1.63. The van der Waals surface area contributed by atoms with Crippen molar-refractivity contribution in [2.75, 3.05) is 0 Å². The molecule has 1 aliphatic heterocycles. The maximum atomic E-state index is 12.5. The summed E-state index contributed by atoms with van der Waals surface area (Å²) in [5, 5.41) is 0.995. The molecular formula is C15H18N2O3. The molecular weight excluding hydrogens is 256 g/mol. The highest BCUT2D eigenvalue weighted by Crippen LogP contribution is 2.65. The summed E-state index contributed by atoms with van der Waals surface area (Å²) in [4.78, 5) is 36.8. The first kappa shape index (κ1) is 12.1. The van der Waals surface area contributed by atoms with E-state index in [1.807, 2.05) is 0 Å². The Kier molecular flexibility index (Phi) is 2.25. The molecule has 0 radical (unpaired) electrons. The van der Waals surface area contributed by atoms with E-state index < -0.39 is 0 Å². The second-order valence-corrected chi connectivity index (χ2v) is 6.80. The minimum atomic E-state index is -0.282. The number of amides is 3. The molecule has 0 spiro atoms. The van der Waals surface area contributed by atoms with Crippen LogP contribution in [0.15, 0.2) is 12.2 Å². The van der Waals surface area contributed by atoms with Crippen molar-refractivity contribution >= 4 is 17.7 Å². The predicted molar refractivity (Wildman–Crippen MR) is 69.5 cm³/mol. The van der Waals surface area contributed by atoms with Crippen LogP contribution in [0.4, 0.5) is 0 Å². The van der Waals surface area contributed by atoms with Gasteiger partial charge in [-0.15, -0.1) is 0 Å². The van der Waals surface area contributed by atoms with Gasteiger partial charge in [0.05, 0.1) is 11.8 Å². The molecule has 20 heavy (non-hydrogen) atoms. The second-order valence-electron chi connectivity index (χ2n) is 6.80. The van der Waals surface area contributed by atoms with Crippen molar-refractivity contribution in [2.45, 2.75) is 20.3 Å². The zero-order valence-electron chi connectivity index (χ0n) is 11.6. The van der Waals surface area contributed by atoms with Crippen LogP contribution in [0, 0.1) is 41.4 Å². The van der Waals surface area contributed by atoms with E-state index in [0.717, 1.165) is 11.4 Å². The zero-order valence-corrected chi connectivity index (χ0v) is 11.6. The Bertz CT molecular complexity index is 517. The Morgan fingerprint density at radius 2 is 1.65 bits per heavy atom. The predicted octanol–water partition coefficient (Wildman–Crippen LogP) is 0.727. The lowest BCUT2D eigenvalue weighted by molar-refractivity contribution is -0.150. The van der Waals surface area contributed by atoms with E-state index in [2.05, 4.69) is 17.6 Å². The Labute approximate surface area is 117 Å². The maximum absolute atomic E-state index is 12.5. The molecule has 5 nitrogen and oxygen atoms in total. The van der Waals surface area contributed by atoms with Crippen molar-refractivity contribution in [2.24, 2.45) is 41.4 Å². The monoisotopic (exact) mass is 274 g/mol. The molecule has 0 aromatic heterocycles. The fourth-order valence-electron chi connectivity index (χ4n) is 4.31. The molecule has 6 atom stereocenters. The van der Waals surface area contributed by atoms with Crippen molar-refractivity contribution in [3.05, 3.63) is 12.2 Å². The molecule has 2 saturated carbocycles. The van der Waals surface area contributed by atoms with Crippen LogP contribution in [-0.2, 0) is 14.4 Å². The molecule has 106 valence electrons. The van der Waals surface area contributed by atoms with Crippen molar-refractivity contribution in [3.8, 4) is 0 Å². The number of carbonyl (C=O) groups is 3. The van der Waals surface area contributed by atoms with Gasteiger partial charge in [-0.2, -0.15) is 5.01 Å². The van der Waals surface area contributed by atoms with E-state index in [1.54, 1.807) is 13.8 Å². The number of hydrogen-bond acceptors (Lipinski definition) is 3. The van der Waals surface area contributed by atoms with E-state index in [1.165, 1.54) is 0 Å². The van der Waals surface area contributed by atoms with Crippen LogP contribution in [0.25, 0.3) is 0 Å². The van der Waals surface area contributed by atoms with E-state index in [-0.39, 0.29) is 47.3 Å². The largest absolute Gasteiger partial charge is 0.273 e. The molecule has 0 aromatic carbocycles. The third kappa shape index (κ3) is 1.35. The number of rotatable bonds is 2. The van der Waals surface area contributed by atoms with Gasteiger partial charge in [0.25, 0.3) is 11.8 Å². The van der Waals surface area contributed by atoms with Gasteiger partial charge in [0.1, 0.15) is 0 Å². The average Bonchev–Trinajstić information content (AvgIpc) is 3.20. The first-order valence-corrected chi connectivity index (χ1v) is 7.37. The minimum Gasteiger partial charge on any atom is -0.273 e. The summed E-state index contributed by atoms with van der Waals surface area (Å²) in [6.07, 6.45) is 5.39. The van der Waals surface area contributed by atoms with Gasteiger partial charge < -0.3 is 0 Å². The topological polar surface area (TPSA) is 66.5 Å². The van der Waals surface area contributed by atoms with E-state index in [4.69, 9.17) is 0 Å². The third-order valence-electron chi connectivity index (χ3n) is 5.41. The standard InChI is InChI=1S/C15H18N2O3/c1-6(2)13(18)16-17-14(19)11-7-3-4-8(10-5-9(7)10)12(11)15(17)20/h3-4,6-12H,5H2,1-2H3,(H,16,18)/t7-,8-,9-,10+,11-,12+/m0/s1. The molecule has 3 amide bonds. The highest BCUT2D eigenvalue weighted by molar-refractivity contribution is 6.07. The molecule has 2 bridgehead atoms. The Morgan fingerprint density at radius 3 is 2.10 bits per heavy atom. The van der Waals surface area contributed by atoms with Gasteiger partial charge >= 0.3 is 0 Å². The van der Waals surface area contributed by atoms with Gasteiger partial charge in [0, 0.05) is 5.92 Å². The molecule has 0 aromatic rings. The quantitative estimate of drug-likeness (QED) is 0.596. The summed E-state index contributed by atoms with van der Waals surface area (Å²) in [7, 11) is 0. The molecule has 4 aliphatic carbocycles. The van der Waals surface area contributed by atoms with Gasteiger partial charge in [-0.05, 0) is 30.1 Å². The lowest BCUT2D eigenvalue weighted by Gasteiger charge is -2.37. The third-order valence-corrected chi connectivity index (χ3v) is 5.41. The fourth-order valence-corrected chi connectivity index (χ4v) is 4.31. The van der Waals surface area contributed by atoms with Crippen LogP contribution in [0.1, 0.15) is 20.3 Å². The highest BCUT2D eigenvalue weighted by Gasteiger charge is 2.67. The van der Waals surface area contributed by atoms with Crippen LogP contribution in [0.3, 0.4) is 0 Å². The van der Waals surface area contributed by atoms with E-state index in [0.29, 0.717) is 11.8 Å². The lowest BCUT2D eigenvalue weighted by Crippen LogP contribution is -2.48. The number of nitrogens with one attached hydrogen (secondary N) is 1. The maximum Gasteiger partial charge on any atom is 0.252 e. The van der Waals surface area contributed by atoms with Crippen LogP contribution in [0.5, 0.6) is 0 Å². The number of allylic oxidation sites excluding steroid dienone is 2. The smallest absolute Gasteiger partial charge is 0.252 e. The Hall–Kier alpha value is -1.65. The molecule has 1 saturated heterocycles. The molecule has 0 unspecified atom stereocenters. The first-order valence-electron chi connectivity index (χ1n) is 7.37. The normalized spacial score (nSPS) is 43.9. The SMILES string of the molecule is CC(C)C(=O)NN1C(=O)[C@@H]2[C@H]3C=C[C@@H]([C@@H]4C[C@H]34)[C@@H]2C1=O. The molecule has 3 fully saturated rings. The van der Waals surface area contributed by atoms with Gasteiger partial charge in [-0.1, -0.05) is 26.0 Å². The molecule has 5 heteroatoms. The van der Waals surface area contributed by atoms with Gasteiger partial charge in [-0.3, -0.25) is 19.8 Å². The molecule has 5 rings (SSSR count). The van der Waals surface area contributed by atoms with Crippen molar-refractivity contribution in [3.63, 3.8) is 0 Å². The van der Waals surface area contributed by atoms with Crippen molar-refractivity contribution < 1.29 is 14.4 Å². The highest BCUT2D eigenvalue weighted by atomic mass is 16.2. The van der Waals surface area contributed by atoms with Crippen LogP contribution in [-0.4, -0.2) is 22.7 Å². The fraction of sp³-hybridized carbons (Fsp3) is 0.667. The molecule has 1 N–H and O–H groups in total. The number of hydrogen-bond donors (Lipinski definition) is 1. The lowest BCUT2D eigenvalue weighted by atomic mass is 9.63. The van der Waals surface area contributed by atoms with Crippen molar-refractivity contribution in [1.29, 1.82) is 0 Å². The summed E-state index contributed by atoms with van der Waals surface area (Å²) in [6.45, 7) is 3.49. The molecule has 5 aliphatic rings. The summed E-state index contributed by atoms with van der Waals surface area (Å²) in [6, 6.07) is 0. The van der Waals surface area contributed by atoms with Crippen LogP contribution >= 0.6 is 0 Å². The van der Waals surface area contributed by atoms with Gasteiger partial charge in [0.15, 0.2) is 0 Å². The number of imide groups is 1. The summed E-state index contributed by atoms with van der Waals surface area (Å²) < 4.78 is 0. The summed E-state index contributed by atoms with van der Waals surface area (Å²) in [5.74, 6) is 0.143. The number of hydrazine groups is 1. The van der Waals surface area contributed by atoms with Gasteiger partial charge in [-0.25, -0.2) is 0 Å². The van der Waals surface area contributed by atoms with Crippen molar-refractivity contribution in [1.82, 2.24) is 10.4 Å². The molecule has 1 heterocycles.